The fourth-order valence-electron chi connectivity index (χ4n) is 1.63. The Kier molecular flexibility index (Phi) is 5.86. The van der Waals surface area contributed by atoms with Gasteiger partial charge in [-0.05, 0) is 18.6 Å². The molecule has 0 fully saturated rings. The van der Waals surface area contributed by atoms with Crippen LogP contribution in [0.1, 0.15) is 5.56 Å². The standard InChI is InChI=1S/C13H17NO6S/c1-10-6-4-5-7-11(10)21(17,18)14(8-12(15)19-2)9-13(16)20-3/h4-7H,8-9H2,1-3H3. The van der Waals surface area contributed by atoms with Crippen LogP contribution in [0.3, 0.4) is 0 Å². The van der Waals surface area contributed by atoms with Crippen molar-refractivity contribution in [2.24, 2.45) is 0 Å². The first-order chi connectivity index (χ1) is 9.82. The van der Waals surface area contributed by atoms with Crippen molar-refractivity contribution < 1.29 is 27.5 Å². The summed E-state index contributed by atoms with van der Waals surface area (Å²) >= 11 is 0. The third-order valence-corrected chi connectivity index (χ3v) is 4.73. The highest BCUT2D eigenvalue weighted by molar-refractivity contribution is 7.89. The minimum atomic E-state index is -4.01. The normalized spacial score (nSPS) is 11.2. The molecule has 0 unspecified atom stereocenters. The number of hydrogen-bond donors (Lipinski definition) is 0. The zero-order valence-corrected chi connectivity index (χ0v) is 12.8. The maximum atomic E-state index is 12.6. The van der Waals surface area contributed by atoms with Crippen molar-refractivity contribution in [1.29, 1.82) is 0 Å². The molecule has 0 aliphatic heterocycles. The molecule has 0 N–H and O–H groups in total. The topological polar surface area (TPSA) is 90.0 Å². The van der Waals surface area contributed by atoms with Crippen LogP contribution in [0.5, 0.6) is 0 Å². The van der Waals surface area contributed by atoms with Gasteiger partial charge in [0.1, 0.15) is 13.1 Å². The van der Waals surface area contributed by atoms with Crippen molar-refractivity contribution in [3.8, 4) is 0 Å². The number of sulfonamides is 1. The minimum Gasteiger partial charge on any atom is -0.468 e. The quantitative estimate of drug-likeness (QED) is 0.703. The van der Waals surface area contributed by atoms with Crippen LogP contribution in [0.25, 0.3) is 0 Å². The first kappa shape index (κ1) is 17.1. The van der Waals surface area contributed by atoms with Gasteiger partial charge in [0, 0.05) is 0 Å². The zero-order chi connectivity index (χ0) is 16.0. The summed E-state index contributed by atoms with van der Waals surface area (Å²) in [5.74, 6) is -1.54. The number of aryl methyl sites for hydroxylation is 1. The van der Waals surface area contributed by atoms with Gasteiger partial charge >= 0.3 is 11.9 Å². The maximum absolute atomic E-state index is 12.6. The monoisotopic (exact) mass is 315 g/mol. The molecule has 116 valence electrons. The fraction of sp³-hybridized carbons (Fsp3) is 0.385. The number of methoxy groups -OCH3 is 2. The minimum absolute atomic E-state index is 0.0257. The Morgan fingerprint density at radius 1 is 1.05 bits per heavy atom. The Balaban J connectivity index is 3.19. The van der Waals surface area contributed by atoms with E-state index in [2.05, 4.69) is 9.47 Å². The smallest absolute Gasteiger partial charge is 0.321 e. The number of benzene rings is 1. The van der Waals surface area contributed by atoms with Crippen molar-refractivity contribution in [2.45, 2.75) is 11.8 Å². The molecule has 0 aliphatic rings. The highest BCUT2D eigenvalue weighted by Gasteiger charge is 2.30. The molecule has 1 rings (SSSR count). The molecule has 0 saturated heterocycles. The molecular weight excluding hydrogens is 298 g/mol. The van der Waals surface area contributed by atoms with Gasteiger partial charge in [0.05, 0.1) is 19.1 Å². The highest BCUT2D eigenvalue weighted by Crippen LogP contribution is 2.19. The molecule has 0 aliphatic carbocycles. The van der Waals surface area contributed by atoms with Crippen molar-refractivity contribution in [2.75, 3.05) is 27.3 Å². The van der Waals surface area contributed by atoms with Crippen molar-refractivity contribution in [3.63, 3.8) is 0 Å². The third kappa shape index (κ3) is 4.27. The Bertz CT molecular complexity index is 607. The van der Waals surface area contributed by atoms with Gasteiger partial charge in [-0.25, -0.2) is 8.42 Å². The second kappa shape index (κ2) is 7.19. The molecule has 0 bridgehead atoms. The number of carbonyl (C=O) groups excluding carboxylic acids is 2. The molecule has 0 saturated carbocycles. The lowest BCUT2D eigenvalue weighted by Gasteiger charge is -2.20. The van der Waals surface area contributed by atoms with E-state index in [1.54, 1.807) is 25.1 Å². The average Bonchev–Trinajstić information content (AvgIpc) is 2.46. The summed E-state index contributed by atoms with van der Waals surface area (Å²) < 4.78 is 34.8. The Morgan fingerprint density at radius 3 is 1.95 bits per heavy atom. The predicted molar refractivity (Wildman–Crippen MR) is 74.0 cm³/mol. The second-order valence-electron chi connectivity index (χ2n) is 4.19. The number of rotatable bonds is 6. The molecular formula is C13H17NO6S. The summed E-state index contributed by atoms with van der Waals surface area (Å²) in [5, 5.41) is 0. The summed E-state index contributed by atoms with van der Waals surface area (Å²) in [6.07, 6.45) is 0. The van der Waals surface area contributed by atoms with Gasteiger partial charge in [-0.3, -0.25) is 9.59 Å². The van der Waals surface area contributed by atoms with Crippen molar-refractivity contribution >= 4 is 22.0 Å². The van der Waals surface area contributed by atoms with E-state index in [1.807, 2.05) is 0 Å². The van der Waals surface area contributed by atoms with E-state index >= 15 is 0 Å². The van der Waals surface area contributed by atoms with Gasteiger partial charge < -0.3 is 9.47 Å². The van der Waals surface area contributed by atoms with Crippen LogP contribution in [-0.4, -0.2) is 52.0 Å². The predicted octanol–water partition coefficient (Wildman–Crippen LogP) is 0.332. The SMILES string of the molecule is COC(=O)CN(CC(=O)OC)S(=O)(=O)c1ccccc1C. The van der Waals surface area contributed by atoms with Crippen LogP contribution in [0.15, 0.2) is 29.2 Å². The molecule has 0 radical (unpaired) electrons. The van der Waals surface area contributed by atoms with E-state index in [0.29, 0.717) is 5.56 Å². The first-order valence-electron chi connectivity index (χ1n) is 6.02. The van der Waals surface area contributed by atoms with Gasteiger partial charge in [-0.15, -0.1) is 0 Å². The van der Waals surface area contributed by atoms with E-state index in [4.69, 9.17) is 0 Å². The van der Waals surface area contributed by atoms with E-state index < -0.39 is 35.1 Å². The highest BCUT2D eigenvalue weighted by atomic mass is 32.2. The Morgan fingerprint density at radius 2 is 1.52 bits per heavy atom. The average molecular weight is 315 g/mol. The van der Waals surface area contributed by atoms with Gasteiger partial charge in [0.25, 0.3) is 0 Å². The number of carbonyl (C=O) groups is 2. The van der Waals surface area contributed by atoms with Gasteiger partial charge in [-0.1, -0.05) is 18.2 Å². The van der Waals surface area contributed by atoms with Crippen LogP contribution < -0.4 is 0 Å². The molecule has 0 atom stereocenters. The van der Waals surface area contributed by atoms with E-state index in [0.717, 1.165) is 18.5 Å². The molecule has 0 spiro atoms. The van der Waals surface area contributed by atoms with E-state index in [-0.39, 0.29) is 4.90 Å². The fourth-order valence-corrected chi connectivity index (χ4v) is 3.18. The lowest BCUT2D eigenvalue weighted by Crippen LogP contribution is -2.40. The summed E-state index contributed by atoms with van der Waals surface area (Å²) in [6.45, 7) is 0.492. The molecule has 21 heavy (non-hydrogen) atoms. The number of nitrogens with zero attached hydrogens (tertiary/aromatic N) is 1. The number of hydrogen-bond acceptors (Lipinski definition) is 6. The van der Waals surface area contributed by atoms with Gasteiger partial charge in [-0.2, -0.15) is 4.31 Å². The number of ether oxygens (including phenoxy) is 2. The summed E-state index contributed by atoms with van der Waals surface area (Å²) in [4.78, 5) is 22.8. The van der Waals surface area contributed by atoms with E-state index in [1.165, 1.54) is 6.07 Å². The molecule has 1 aromatic carbocycles. The lowest BCUT2D eigenvalue weighted by molar-refractivity contribution is -0.143. The Labute approximate surface area is 123 Å². The van der Waals surface area contributed by atoms with Crippen LogP contribution in [0.2, 0.25) is 0 Å². The Hall–Kier alpha value is -1.93. The third-order valence-electron chi connectivity index (χ3n) is 2.78. The van der Waals surface area contributed by atoms with Crippen LogP contribution in [0, 0.1) is 6.92 Å². The molecule has 0 aromatic heterocycles. The maximum Gasteiger partial charge on any atom is 0.321 e. The summed E-state index contributed by atoms with van der Waals surface area (Å²) in [6, 6.07) is 6.29. The van der Waals surface area contributed by atoms with Gasteiger partial charge in [0.2, 0.25) is 10.0 Å². The second-order valence-corrected chi connectivity index (χ2v) is 6.10. The van der Waals surface area contributed by atoms with Crippen LogP contribution in [-0.2, 0) is 29.1 Å². The molecule has 0 amide bonds. The molecule has 8 heteroatoms. The first-order valence-corrected chi connectivity index (χ1v) is 7.46. The van der Waals surface area contributed by atoms with Crippen molar-refractivity contribution in [3.05, 3.63) is 29.8 Å². The summed E-state index contributed by atoms with van der Waals surface area (Å²) in [5.41, 5.74) is 0.511. The number of esters is 2. The molecule has 7 nitrogen and oxygen atoms in total. The molecule has 1 aromatic rings. The zero-order valence-electron chi connectivity index (χ0n) is 12.0. The lowest BCUT2D eigenvalue weighted by atomic mass is 10.2. The van der Waals surface area contributed by atoms with Crippen LogP contribution >= 0.6 is 0 Å². The van der Waals surface area contributed by atoms with Gasteiger partial charge in [0.15, 0.2) is 0 Å². The largest absolute Gasteiger partial charge is 0.468 e. The molecule has 0 heterocycles. The van der Waals surface area contributed by atoms with Crippen LogP contribution in [0.4, 0.5) is 0 Å². The van der Waals surface area contributed by atoms with E-state index in [9.17, 15) is 18.0 Å². The summed E-state index contributed by atoms with van der Waals surface area (Å²) in [7, 11) is -1.73. The van der Waals surface area contributed by atoms with Crippen molar-refractivity contribution in [1.82, 2.24) is 4.31 Å².